The van der Waals surface area contributed by atoms with E-state index in [-0.39, 0.29) is 18.8 Å². The number of nitrogen functional groups attached to an aromatic ring is 1. The normalized spacial score (nSPS) is 9.92. The molecular weight excluding hydrogens is 456 g/mol. The van der Waals surface area contributed by atoms with Crippen LogP contribution < -0.4 is 5.73 Å². The summed E-state index contributed by atoms with van der Waals surface area (Å²) in [5.41, 5.74) is 9.29. The fourth-order valence-corrected chi connectivity index (χ4v) is 3.20. The number of hydrogen-bond donors (Lipinski definition) is 2. The van der Waals surface area contributed by atoms with E-state index in [1.165, 1.54) is 7.11 Å². The number of hydrogen-bond acceptors (Lipinski definition) is 7. The van der Waals surface area contributed by atoms with Crippen molar-refractivity contribution in [3.05, 3.63) is 120 Å². The third-order valence-corrected chi connectivity index (χ3v) is 4.83. The minimum Gasteiger partial charge on any atom is -0.481 e. The third-order valence-electron chi connectivity index (χ3n) is 4.83. The number of carboxylic acid groups (broad SMARTS) is 1. The lowest BCUT2D eigenvalue weighted by atomic mass is 10.0. The third kappa shape index (κ3) is 8.18. The molecule has 0 bridgehead atoms. The van der Waals surface area contributed by atoms with Gasteiger partial charge in [0.25, 0.3) is 0 Å². The number of aliphatic carboxylic acids is 1. The van der Waals surface area contributed by atoms with Crippen LogP contribution in [0.2, 0.25) is 0 Å². The number of benzene rings is 2. The zero-order chi connectivity index (χ0) is 25.8. The van der Waals surface area contributed by atoms with Crippen LogP contribution in [0.4, 0.5) is 11.6 Å². The predicted octanol–water partition coefficient (Wildman–Crippen LogP) is 4.26. The summed E-state index contributed by atoms with van der Waals surface area (Å²) in [4.78, 5) is 34.6. The summed E-state index contributed by atoms with van der Waals surface area (Å²) in [6.45, 7) is 0. The van der Waals surface area contributed by atoms with Gasteiger partial charge in [-0.25, -0.2) is 15.0 Å². The quantitative estimate of drug-likeness (QED) is 0.298. The molecule has 0 saturated carbocycles. The Balaban J connectivity index is 0.000000253. The molecule has 4 aromatic rings. The first-order valence-corrected chi connectivity index (χ1v) is 11.1. The number of aromatic nitrogens is 2. The highest BCUT2D eigenvalue weighted by Gasteiger charge is 2.08. The number of nitrogens with zero attached hydrogens (tertiary/aromatic N) is 3. The van der Waals surface area contributed by atoms with E-state index in [9.17, 15) is 9.59 Å². The summed E-state index contributed by atoms with van der Waals surface area (Å²) in [6.07, 6.45) is 0.0525. The van der Waals surface area contributed by atoms with E-state index >= 15 is 0 Å². The lowest BCUT2D eigenvalue weighted by Gasteiger charge is -2.07. The van der Waals surface area contributed by atoms with Crippen LogP contribution in [0.3, 0.4) is 0 Å². The maximum Gasteiger partial charge on any atom is 0.311 e. The molecule has 0 aliphatic carbocycles. The minimum atomic E-state index is -0.907. The number of methoxy groups -OCH3 is 1. The first-order valence-electron chi connectivity index (χ1n) is 11.1. The molecule has 0 spiro atoms. The number of ether oxygens (including phenoxy) is 1. The van der Waals surface area contributed by atoms with Crippen molar-refractivity contribution in [3.63, 3.8) is 0 Å². The Morgan fingerprint density at radius 2 is 1.33 bits per heavy atom. The van der Waals surface area contributed by atoms with Gasteiger partial charge >= 0.3 is 11.9 Å². The number of rotatable bonds is 7. The first kappa shape index (κ1) is 25.8. The highest BCUT2D eigenvalue weighted by atomic mass is 16.5. The number of pyridine rings is 2. The lowest BCUT2D eigenvalue weighted by molar-refractivity contribution is -0.140. The van der Waals surface area contributed by atoms with Crippen LogP contribution in [0.1, 0.15) is 22.5 Å². The predicted molar refractivity (Wildman–Crippen MR) is 138 cm³/mol. The molecule has 8 heteroatoms. The fraction of sp³-hybridized carbons (Fsp3) is 0.107. The van der Waals surface area contributed by atoms with E-state index in [4.69, 9.17) is 10.8 Å². The van der Waals surface area contributed by atoms with Gasteiger partial charge in [0, 0.05) is 11.1 Å². The van der Waals surface area contributed by atoms with Gasteiger partial charge in [0.15, 0.2) is 5.82 Å². The molecule has 0 aliphatic heterocycles. The topological polar surface area (TPSA) is 128 Å². The number of esters is 1. The summed E-state index contributed by atoms with van der Waals surface area (Å²) in [5.74, 6) is -0.309. The van der Waals surface area contributed by atoms with Crippen molar-refractivity contribution >= 4 is 29.3 Å². The van der Waals surface area contributed by atoms with Gasteiger partial charge in [-0.1, -0.05) is 72.8 Å². The van der Waals surface area contributed by atoms with E-state index in [2.05, 4.69) is 19.7 Å². The molecular formula is C28H26N4O4. The summed E-state index contributed by atoms with van der Waals surface area (Å²) < 4.78 is 4.47. The summed E-state index contributed by atoms with van der Waals surface area (Å²) in [7, 11) is 1.34. The summed E-state index contributed by atoms with van der Waals surface area (Å²) in [5, 5.41) is 8.92. The Kier molecular flexibility index (Phi) is 9.41. The zero-order valence-electron chi connectivity index (χ0n) is 19.7. The van der Waals surface area contributed by atoms with Crippen LogP contribution >= 0.6 is 0 Å². The van der Waals surface area contributed by atoms with Gasteiger partial charge in [-0.3, -0.25) is 9.59 Å². The van der Waals surface area contributed by atoms with Crippen molar-refractivity contribution in [1.29, 1.82) is 0 Å². The van der Waals surface area contributed by atoms with Crippen LogP contribution in [0.25, 0.3) is 0 Å². The molecule has 8 nitrogen and oxygen atoms in total. The Bertz CT molecular complexity index is 1280. The molecule has 36 heavy (non-hydrogen) atoms. The van der Waals surface area contributed by atoms with Crippen molar-refractivity contribution in [1.82, 2.24) is 9.97 Å². The Labute approximate surface area is 209 Å². The molecule has 2 aromatic carbocycles. The molecule has 0 saturated heterocycles. The first-order chi connectivity index (χ1) is 17.4. The second kappa shape index (κ2) is 13.1. The average Bonchev–Trinajstić information content (AvgIpc) is 2.88. The van der Waals surface area contributed by atoms with Crippen LogP contribution in [-0.2, 0) is 27.2 Å². The zero-order valence-corrected chi connectivity index (χ0v) is 19.7. The molecule has 3 N–H and O–H groups in total. The van der Waals surface area contributed by atoms with E-state index in [1.807, 2.05) is 60.7 Å². The Hall–Kier alpha value is -4.85. The standard InChI is InChI=1S/C20H16N2O2.C8H10N2O2/c23-19(24)14-17-12-7-13-18(21-17)22-20(15-8-3-1-4-9-15)16-10-5-2-6-11-16;1-12-8(11)5-6-3-2-4-7(9)10-6/h1-13H,14H2,(H,23,24);2-4H,5H2,1H3,(H2,9,10). The van der Waals surface area contributed by atoms with Gasteiger partial charge in [-0.2, -0.15) is 0 Å². The van der Waals surface area contributed by atoms with Crippen molar-refractivity contribution in [2.24, 2.45) is 4.99 Å². The number of nitrogens with two attached hydrogens (primary N) is 1. The molecule has 2 heterocycles. The maximum absolute atomic E-state index is 10.9. The van der Waals surface area contributed by atoms with Crippen molar-refractivity contribution in [2.75, 3.05) is 12.8 Å². The maximum atomic E-state index is 10.9. The van der Waals surface area contributed by atoms with Crippen molar-refractivity contribution in [3.8, 4) is 0 Å². The average molecular weight is 483 g/mol. The smallest absolute Gasteiger partial charge is 0.311 e. The Morgan fingerprint density at radius 3 is 1.86 bits per heavy atom. The van der Waals surface area contributed by atoms with Gasteiger partial charge in [0.05, 0.1) is 37.1 Å². The van der Waals surface area contributed by atoms with Gasteiger partial charge in [-0.15, -0.1) is 0 Å². The monoisotopic (exact) mass is 482 g/mol. The number of carboxylic acids is 1. The van der Waals surface area contributed by atoms with Crippen LogP contribution in [0.15, 0.2) is 102 Å². The molecule has 0 aliphatic rings. The van der Waals surface area contributed by atoms with Gasteiger partial charge in [0.1, 0.15) is 5.82 Å². The lowest BCUT2D eigenvalue weighted by Crippen LogP contribution is -2.06. The number of anilines is 1. The van der Waals surface area contributed by atoms with Crippen molar-refractivity contribution in [2.45, 2.75) is 12.8 Å². The molecule has 0 radical (unpaired) electrons. The molecule has 0 unspecified atom stereocenters. The highest BCUT2D eigenvalue weighted by molar-refractivity contribution is 6.13. The summed E-state index contributed by atoms with van der Waals surface area (Å²) >= 11 is 0. The van der Waals surface area contributed by atoms with Crippen LogP contribution in [0, 0.1) is 0 Å². The number of carbonyl (C=O) groups excluding carboxylic acids is 1. The number of aliphatic imine (C=N–C) groups is 1. The highest BCUT2D eigenvalue weighted by Crippen LogP contribution is 2.17. The van der Waals surface area contributed by atoms with Crippen LogP contribution in [-0.4, -0.2) is 39.8 Å². The summed E-state index contributed by atoms with van der Waals surface area (Å²) in [6, 6.07) is 30.1. The molecule has 0 fully saturated rings. The molecule has 4 rings (SSSR count). The second-order valence-corrected chi connectivity index (χ2v) is 7.56. The van der Waals surface area contributed by atoms with E-state index < -0.39 is 5.97 Å². The van der Waals surface area contributed by atoms with Crippen LogP contribution in [0.5, 0.6) is 0 Å². The number of carbonyl (C=O) groups is 2. The SMILES string of the molecule is COC(=O)Cc1cccc(N)n1.O=C(O)Cc1cccc(N=C(c2ccccc2)c2ccccc2)n1. The van der Waals surface area contributed by atoms with Gasteiger partial charge in [0.2, 0.25) is 0 Å². The van der Waals surface area contributed by atoms with Gasteiger partial charge in [-0.05, 0) is 24.3 Å². The molecule has 0 atom stereocenters. The molecule has 0 amide bonds. The van der Waals surface area contributed by atoms with E-state index in [0.717, 1.165) is 16.8 Å². The van der Waals surface area contributed by atoms with E-state index in [1.54, 1.807) is 36.4 Å². The molecule has 2 aromatic heterocycles. The van der Waals surface area contributed by atoms with E-state index in [0.29, 0.717) is 23.0 Å². The van der Waals surface area contributed by atoms with Crippen molar-refractivity contribution < 1.29 is 19.4 Å². The molecule has 182 valence electrons. The Morgan fingerprint density at radius 1 is 0.778 bits per heavy atom. The largest absolute Gasteiger partial charge is 0.481 e. The second-order valence-electron chi connectivity index (χ2n) is 7.56. The van der Waals surface area contributed by atoms with Gasteiger partial charge < -0.3 is 15.6 Å². The fourth-order valence-electron chi connectivity index (χ4n) is 3.20. The minimum absolute atomic E-state index is 0.116.